The lowest BCUT2D eigenvalue weighted by Crippen LogP contribution is -2.49. The van der Waals surface area contributed by atoms with Crippen LogP contribution in [0.1, 0.15) is 34.3 Å². The Morgan fingerprint density at radius 2 is 1.83 bits per heavy atom. The first kappa shape index (κ1) is 23.5. The molecule has 11 nitrogen and oxygen atoms in total. The molecule has 5 rings (SSSR count). The summed E-state index contributed by atoms with van der Waals surface area (Å²) >= 11 is 0. The van der Waals surface area contributed by atoms with E-state index in [2.05, 4.69) is 25.1 Å². The van der Waals surface area contributed by atoms with Crippen molar-refractivity contribution < 1.29 is 18.8 Å². The van der Waals surface area contributed by atoms with Gasteiger partial charge in [-0.3, -0.25) is 9.59 Å². The van der Waals surface area contributed by atoms with Crippen LogP contribution in [-0.2, 0) is 16.0 Å². The van der Waals surface area contributed by atoms with Gasteiger partial charge in [-0.1, -0.05) is 35.5 Å². The molecule has 3 aromatic heterocycles. The lowest BCUT2D eigenvalue weighted by molar-refractivity contribution is -0.142. The summed E-state index contributed by atoms with van der Waals surface area (Å²) in [5.74, 6) is 1.26. The molecule has 4 aromatic rings. The number of benzene rings is 1. The zero-order valence-electron chi connectivity index (χ0n) is 20.5. The molecule has 1 amide bonds. The molecule has 0 atom stereocenters. The van der Waals surface area contributed by atoms with Gasteiger partial charge in [-0.2, -0.15) is 14.6 Å². The molecular weight excluding hydrogens is 462 g/mol. The number of nitrogens with zero attached hydrogens (tertiary/aromatic N) is 7. The van der Waals surface area contributed by atoms with E-state index < -0.39 is 0 Å². The third kappa shape index (κ3) is 4.28. The molecule has 1 aromatic carbocycles. The van der Waals surface area contributed by atoms with Crippen LogP contribution in [0.5, 0.6) is 0 Å². The number of esters is 1. The van der Waals surface area contributed by atoms with Gasteiger partial charge in [0.15, 0.2) is 0 Å². The number of anilines is 1. The summed E-state index contributed by atoms with van der Waals surface area (Å²) < 4.78 is 12.2. The van der Waals surface area contributed by atoms with Crippen LogP contribution in [0.2, 0.25) is 0 Å². The van der Waals surface area contributed by atoms with Gasteiger partial charge >= 0.3 is 5.97 Å². The standard InChI is InChI=1S/C25H27N7O4/c1-4-35-20(33)14-19-16(2)28-25-26-15-27-32(25)23(19)30-10-12-31(13-11-30)24(34)21-17(3)36-29-22(21)18-8-6-5-7-9-18/h5-9,15H,4,10-14H2,1-3H3. The molecular formula is C25H27N7O4. The molecule has 0 bridgehead atoms. The summed E-state index contributed by atoms with van der Waals surface area (Å²) in [7, 11) is 0. The third-order valence-corrected chi connectivity index (χ3v) is 6.32. The van der Waals surface area contributed by atoms with Gasteiger partial charge in [0.2, 0.25) is 0 Å². The van der Waals surface area contributed by atoms with Gasteiger partial charge in [0, 0.05) is 43.0 Å². The van der Waals surface area contributed by atoms with E-state index in [1.54, 1.807) is 23.3 Å². The first-order valence-electron chi connectivity index (χ1n) is 11.9. The monoisotopic (exact) mass is 489 g/mol. The summed E-state index contributed by atoms with van der Waals surface area (Å²) in [6.07, 6.45) is 1.52. The Morgan fingerprint density at radius 3 is 2.56 bits per heavy atom. The molecule has 0 radical (unpaired) electrons. The van der Waals surface area contributed by atoms with Crippen molar-refractivity contribution in [1.82, 2.24) is 29.6 Å². The molecule has 0 unspecified atom stereocenters. The predicted molar refractivity (Wildman–Crippen MR) is 131 cm³/mol. The van der Waals surface area contributed by atoms with Gasteiger partial charge in [-0.25, -0.2) is 4.98 Å². The number of amides is 1. The first-order valence-corrected chi connectivity index (χ1v) is 11.9. The van der Waals surface area contributed by atoms with E-state index in [1.807, 2.05) is 37.3 Å². The van der Waals surface area contributed by atoms with Crippen LogP contribution in [0, 0.1) is 13.8 Å². The molecule has 1 aliphatic heterocycles. The van der Waals surface area contributed by atoms with Crippen LogP contribution < -0.4 is 4.90 Å². The van der Waals surface area contributed by atoms with E-state index in [1.165, 1.54) is 6.33 Å². The molecule has 0 spiro atoms. The highest BCUT2D eigenvalue weighted by molar-refractivity contribution is 6.01. The molecule has 1 aliphatic rings. The van der Waals surface area contributed by atoms with Crippen LogP contribution in [0.3, 0.4) is 0 Å². The second-order valence-corrected chi connectivity index (χ2v) is 8.56. The van der Waals surface area contributed by atoms with E-state index in [9.17, 15) is 9.59 Å². The maximum atomic E-state index is 13.5. The Hall–Kier alpha value is -4.28. The van der Waals surface area contributed by atoms with Crippen molar-refractivity contribution in [3.63, 3.8) is 0 Å². The second kappa shape index (κ2) is 9.76. The van der Waals surface area contributed by atoms with E-state index in [-0.39, 0.29) is 18.3 Å². The van der Waals surface area contributed by atoms with Gasteiger partial charge in [-0.15, -0.1) is 0 Å². The highest BCUT2D eigenvalue weighted by Gasteiger charge is 2.31. The van der Waals surface area contributed by atoms with Crippen molar-refractivity contribution in [3.05, 3.63) is 59.2 Å². The Balaban J connectivity index is 1.40. The minimum atomic E-state index is -0.326. The number of hydrogen-bond donors (Lipinski definition) is 0. The third-order valence-electron chi connectivity index (χ3n) is 6.32. The minimum absolute atomic E-state index is 0.0806. The maximum Gasteiger partial charge on any atom is 0.310 e. The van der Waals surface area contributed by atoms with Crippen molar-refractivity contribution in [1.29, 1.82) is 0 Å². The minimum Gasteiger partial charge on any atom is -0.466 e. The summed E-state index contributed by atoms with van der Waals surface area (Å²) in [4.78, 5) is 38.5. The first-order chi connectivity index (χ1) is 17.5. The van der Waals surface area contributed by atoms with E-state index >= 15 is 0 Å². The Morgan fingerprint density at radius 1 is 1.08 bits per heavy atom. The highest BCUT2D eigenvalue weighted by atomic mass is 16.5. The number of rotatable bonds is 6. The number of aromatic nitrogens is 5. The predicted octanol–water partition coefficient (Wildman–Crippen LogP) is 2.46. The van der Waals surface area contributed by atoms with Crippen LogP contribution >= 0.6 is 0 Å². The van der Waals surface area contributed by atoms with Crippen LogP contribution in [-0.4, -0.2) is 74.3 Å². The number of ether oxygens (including phenoxy) is 1. The number of piperazine rings is 1. The molecule has 0 N–H and O–H groups in total. The Bertz CT molecular complexity index is 1400. The van der Waals surface area contributed by atoms with E-state index in [0.29, 0.717) is 61.3 Å². The molecule has 1 fully saturated rings. The number of carbonyl (C=O) groups excluding carboxylic acids is 2. The fraction of sp³-hybridized carbons (Fsp3) is 0.360. The van der Waals surface area contributed by atoms with Crippen LogP contribution in [0.15, 0.2) is 41.2 Å². The fourth-order valence-corrected chi connectivity index (χ4v) is 4.55. The molecule has 186 valence electrons. The summed E-state index contributed by atoms with van der Waals surface area (Å²) in [5.41, 5.74) is 3.31. The van der Waals surface area contributed by atoms with Crippen molar-refractivity contribution in [2.75, 3.05) is 37.7 Å². The number of aryl methyl sites for hydroxylation is 2. The summed E-state index contributed by atoms with van der Waals surface area (Å²) in [6, 6.07) is 9.54. The summed E-state index contributed by atoms with van der Waals surface area (Å²) in [5, 5.41) is 8.50. The maximum absolute atomic E-state index is 13.5. The highest BCUT2D eigenvalue weighted by Crippen LogP contribution is 2.29. The molecule has 4 heterocycles. The van der Waals surface area contributed by atoms with Crippen molar-refractivity contribution >= 4 is 23.5 Å². The molecule has 11 heteroatoms. The average molecular weight is 490 g/mol. The number of carbonyl (C=O) groups is 2. The van der Waals surface area contributed by atoms with Gasteiger partial charge in [-0.05, 0) is 20.8 Å². The van der Waals surface area contributed by atoms with Crippen molar-refractivity contribution in [2.45, 2.75) is 27.2 Å². The lowest BCUT2D eigenvalue weighted by atomic mass is 10.0. The van der Waals surface area contributed by atoms with E-state index in [4.69, 9.17) is 9.26 Å². The second-order valence-electron chi connectivity index (χ2n) is 8.56. The summed E-state index contributed by atoms with van der Waals surface area (Å²) in [6.45, 7) is 7.75. The van der Waals surface area contributed by atoms with Crippen molar-refractivity contribution in [3.8, 4) is 11.3 Å². The van der Waals surface area contributed by atoms with Crippen LogP contribution in [0.4, 0.5) is 5.82 Å². The zero-order chi connectivity index (χ0) is 25.2. The number of hydrogen-bond acceptors (Lipinski definition) is 9. The topological polar surface area (TPSA) is 119 Å². The average Bonchev–Trinajstić information content (AvgIpc) is 3.51. The SMILES string of the molecule is CCOC(=O)Cc1c(C)nc2ncnn2c1N1CCN(C(=O)c2c(-c3ccccc3)noc2C)CC1. The van der Waals surface area contributed by atoms with Gasteiger partial charge in [0.05, 0.1) is 13.0 Å². The van der Waals surface area contributed by atoms with Gasteiger partial charge < -0.3 is 19.1 Å². The van der Waals surface area contributed by atoms with Gasteiger partial charge in [0.1, 0.15) is 29.2 Å². The molecule has 36 heavy (non-hydrogen) atoms. The van der Waals surface area contributed by atoms with Gasteiger partial charge in [0.25, 0.3) is 11.7 Å². The fourth-order valence-electron chi connectivity index (χ4n) is 4.55. The van der Waals surface area contributed by atoms with Crippen LogP contribution in [0.25, 0.3) is 17.0 Å². The Kier molecular flexibility index (Phi) is 6.36. The van der Waals surface area contributed by atoms with Crippen molar-refractivity contribution in [2.24, 2.45) is 0 Å². The molecule has 0 aliphatic carbocycles. The lowest BCUT2D eigenvalue weighted by Gasteiger charge is -2.37. The number of fused-ring (bicyclic) bond motifs is 1. The zero-order valence-corrected chi connectivity index (χ0v) is 20.5. The smallest absolute Gasteiger partial charge is 0.310 e. The quantitative estimate of drug-likeness (QED) is 0.376. The Labute approximate surface area is 207 Å². The normalized spacial score (nSPS) is 13.9. The van der Waals surface area contributed by atoms with E-state index in [0.717, 1.165) is 16.9 Å². The largest absolute Gasteiger partial charge is 0.466 e. The molecule has 0 saturated carbocycles. The molecule has 1 saturated heterocycles.